The Morgan fingerprint density at radius 2 is 1.71 bits per heavy atom. The number of hydrogen-bond acceptors (Lipinski definition) is 5. The van der Waals surface area contributed by atoms with Crippen molar-refractivity contribution in [1.82, 2.24) is 4.57 Å². The molecule has 4 N–H and O–H groups in total. The third-order valence-electron chi connectivity index (χ3n) is 7.21. The number of benzene rings is 3. The number of rotatable bonds is 11. The quantitative estimate of drug-likeness (QED) is 0.145. The van der Waals surface area contributed by atoms with Gasteiger partial charge < -0.3 is 25.7 Å². The molecule has 2 amide bonds. The van der Waals surface area contributed by atoms with Crippen LogP contribution in [0.15, 0.2) is 71.7 Å². The molecule has 0 aliphatic heterocycles. The molecular formula is C33H38N4O4. The fourth-order valence-electron chi connectivity index (χ4n) is 4.81. The highest BCUT2D eigenvalue weighted by Gasteiger charge is 2.18. The maximum Gasteiger partial charge on any atom is 0.261 e. The third kappa shape index (κ3) is 7.14. The van der Waals surface area contributed by atoms with Crippen molar-refractivity contribution < 1.29 is 14.3 Å². The maximum absolute atomic E-state index is 13.5. The van der Waals surface area contributed by atoms with Crippen LogP contribution in [-0.2, 0) is 11.3 Å². The zero-order valence-corrected chi connectivity index (χ0v) is 24.1. The SMILES string of the molecule is COc1cc2c(cc1C)c(=O)c(C(=O)Nc1ccc(C(C)C)cc1)cn2CCCCCC(=O)Nc1ccccc1N. The number of aryl methyl sites for hydroxylation is 2. The topological polar surface area (TPSA) is 115 Å². The number of para-hydroxylation sites is 2. The average molecular weight is 555 g/mol. The van der Waals surface area contributed by atoms with Crippen LogP contribution >= 0.6 is 0 Å². The first-order valence-electron chi connectivity index (χ1n) is 14.0. The molecule has 0 bridgehead atoms. The molecule has 1 aromatic heterocycles. The molecule has 0 aliphatic rings. The summed E-state index contributed by atoms with van der Waals surface area (Å²) in [5, 5.41) is 6.19. The lowest BCUT2D eigenvalue weighted by Crippen LogP contribution is -2.24. The van der Waals surface area contributed by atoms with Crippen LogP contribution in [0.5, 0.6) is 5.75 Å². The highest BCUT2D eigenvalue weighted by molar-refractivity contribution is 6.06. The van der Waals surface area contributed by atoms with E-state index in [1.807, 2.05) is 54.0 Å². The highest BCUT2D eigenvalue weighted by atomic mass is 16.5. The predicted octanol–water partition coefficient (Wildman–Crippen LogP) is 6.48. The van der Waals surface area contributed by atoms with Crippen LogP contribution in [0.1, 0.15) is 66.9 Å². The molecule has 4 aromatic rings. The van der Waals surface area contributed by atoms with Gasteiger partial charge in [-0.05, 0) is 67.1 Å². The molecule has 214 valence electrons. The second kappa shape index (κ2) is 13.2. The lowest BCUT2D eigenvalue weighted by atomic mass is 10.0. The molecule has 0 saturated heterocycles. The predicted molar refractivity (Wildman–Crippen MR) is 166 cm³/mol. The molecule has 0 atom stereocenters. The molecule has 8 heteroatoms. The summed E-state index contributed by atoms with van der Waals surface area (Å²) in [6.07, 6.45) is 4.24. The Bertz CT molecular complexity index is 1610. The average Bonchev–Trinajstić information content (AvgIpc) is 2.95. The lowest BCUT2D eigenvalue weighted by Gasteiger charge is -2.16. The second-order valence-electron chi connectivity index (χ2n) is 10.6. The van der Waals surface area contributed by atoms with Gasteiger partial charge in [0.2, 0.25) is 11.3 Å². The van der Waals surface area contributed by atoms with Crippen LogP contribution in [0.2, 0.25) is 0 Å². The van der Waals surface area contributed by atoms with Crippen LogP contribution in [0.4, 0.5) is 17.1 Å². The highest BCUT2D eigenvalue weighted by Crippen LogP contribution is 2.25. The molecule has 8 nitrogen and oxygen atoms in total. The van der Waals surface area contributed by atoms with E-state index in [9.17, 15) is 14.4 Å². The minimum Gasteiger partial charge on any atom is -0.496 e. The van der Waals surface area contributed by atoms with Gasteiger partial charge in [-0.2, -0.15) is 0 Å². The van der Waals surface area contributed by atoms with Crippen molar-refractivity contribution in [2.75, 3.05) is 23.5 Å². The van der Waals surface area contributed by atoms with Crippen LogP contribution in [0, 0.1) is 6.92 Å². The summed E-state index contributed by atoms with van der Waals surface area (Å²) in [4.78, 5) is 39.1. The van der Waals surface area contributed by atoms with Crippen molar-refractivity contribution in [1.29, 1.82) is 0 Å². The Labute approximate surface area is 240 Å². The van der Waals surface area contributed by atoms with Gasteiger partial charge >= 0.3 is 0 Å². The largest absolute Gasteiger partial charge is 0.496 e. The number of anilines is 3. The summed E-state index contributed by atoms with van der Waals surface area (Å²) in [7, 11) is 1.59. The number of ether oxygens (including phenoxy) is 1. The Morgan fingerprint density at radius 3 is 2.39 bits per heavy atom. The summed E-state index contributed by atoms with van der Waals surface area (Å²) in [5.41, 5.74) is 10.1. The van der Waals surface area contributed by atoms with E-state index in [-0.39, 0.29) is 16.9 Å². The Morgan fingerprint density at radius 1 is 0.976 bits per heavy atom. The molecular weight excluding hydrogens is 516 g/mol. The second-order valence-corrected chi connectivity index (χ2v) is 10.6. The number of nitrogens with two attached hydrogens (primary N) is 1. The van der Waals surface area contributed by atoms with Gasteiger partial charge in [0.05, 0.1) is 24.0 Å². The van der Waals surface area contributed by atoms with Gasteiger partial charge in [-0.25, -0.2) is 0 Å². The van der Waals surface area contributed by atoms with Crippen molar-refractivity contribution in [3.8, 4) is 5.75 Å². The standard InChI is InChI=1S/C33H38N4O4/c1-21(2)23-13-15-24(16-14-23)35-33(40)26-20-37(29-19-30(41-4)22(3)18-25(29)32(26)39)17-9-5-6-12-31(38)36-28-11-8-7-10-27(28)34/h7-8,10-11,13-16,18-21H,5-6,9,12,17,34H2,1-4H3,(H,35,40)(H,36,38). The summed E-state index contributed by atoms with van der Waals surface area (Å²) < 4.78 is 7.44. The van der Waals surface area contributed by atoms with E-state index in [0.717, 1.165) is 18.4 Å². The molecule has 0 unspecified atom stereocenters. The van der Waals surface area contributed by atoms with Crippen molar-refractivity contribution >= 4 is 39.8 Å². The fraction of sp³-hybridized carbons (Fsp3) is 0.303. The molecule has 0 fully saturated rings. The fourth-order valence-corrected chi connectivity index (χ4v) is 4.81. The monoisotopic (exact) mass is 554 g/mol. The van der Waals surface area contributed by atoms with Crippen molar-refractivity contribution in [3.05, 3.63) is 93.8 Å². The van der Waals surface area contributed by atoms with Crippen LogP contribution in [0.25, 0.3) is 10.9 Å². The Hall–Kier alpha value is -4.59. The molecule has 0 saturated carbocycles. The number of nitrogens with one attached hydrogen (secondary N) is 2. The van der Waals surface area contributed by atoms with Crippen molar-refractivity contribution in [2.24, 2.45) is 0 Å². The molecule has 3 aromatic carbocycles. The maximum atomic E-state index is 13.5. The number of fused-ring (bicyclic) bond motifs is 1. The van der Waals surface area contributed by atoms with E-state index < -0.39 is 5.91 Å². The lowest BCUT2D eigenvalue weighted by molar-refractivity contribution is -0.116. The molecule has 4 rings (SSSR count). The zero-order valence-electron chi connectivity index (χ0n) is 24.1. The van der Waals surface area contributed by atoms with Gasteiger partial charge in [0.1, 0.15) is 11.3 Å². The van der Waals surface area contributed by atoms with E-state index in [1.165, 1.54) is 5.56 Å². The first-order chi connectivity index (χ1) is 19.7. The number of nitrogens with zero attached hydrogens (tertiary/aromatic N) is 1. The number of aromatic nitrogens is 1. The number of carbonyl (C=O) groups is 2. The number of carbonyl (C=O) groups excluding carboxylic acids is 2. The van der Waals surface area contributed by atoms with Gasteiger partial charge in [0.15, 0.2) is 0 Å². The van der Waals surface area contributed by atoms with Gasteiger partial charge in [0.25, 0.3) is 5.91 Å². The van der Waals surface area contributed by atoms with E-state index in [2.05, 4.69) is 24.5 Å². The smallest absolute Gasteiger partial charge is 0.261 e. The first-order valence-corrected chi connectivity index (χ1v) is 14.0. The third-order valence-corrected chi connectivity index (χ3v) is 7.21. The number of hydrogen-bond donors (Lipinski definition) is 3. The normalized spacial score (nSPS) is 11.0. The number of unbranched alkanes of at least 4 members (excludes halogenated alkanes) is 2. The Balaban J connectivity index is 1.49. The van der Waals surface area contributed by atoms with Crippen LogP contribution in [-0.4, -0.2) is 23.5 Å². The summed E-state index contributed by atoms with van der Waals surface area (Å²) >= 11 is 0. The van der Waals surface area contributed by atoms with Crippen molar-refractivity contribution in [2.45, 2.75) is 58.9 Å². The summed E-state index contributed by atoms with van der Waals surface area (Å²) in [6.45, 7) is 6.66. The van der Waals surface area contributed by atoms with Crippen molar-refractivity contribution in [3.63, 3.8) is 0 Å². The number of pyridine rings is 1. The first kappa shape index (κ1) is 29.4. The molecule has 0 radical (unpaired) electrons. The van der Waals surface area contributed by atoms with Gasteiger partial charge in [-0.1, -0.05) is 44.5 Å². The van der Waals surface area contributed by atoms with E-state index >= 15 is 0 Å². The number of methoxy groups -OCH3 is 1. The summed E-state index contributed by atoms with van der Waals surface area (Å²) in [5.74, 6) is 0.514. The molecule has 1 heterocycles. The van der Waals surface area contributed by atoms with E-state index in [4.69, 9.17) is 10.5 Å². The minimum atomic E-state index is -0.451. The molecule has 0 spiro atoms. The molecule has 0 aliphatic carbocycles. The summed E-state index contributed by atoms with van der Waals surface area (Å²) in [6, 6.07) is 18.4. The van der Waals surface area contributed by atoms with Gasteiger partial charge in [-0.15, -0.1) is 0 Å². The number of amides is 2. The van der Waals surface area contributed by atoms with E-state index in [1.54, 1.807) is 31.5 Å². The van der Waals surface area contributed by atoms with Crippen LogP contribution < -0.4 is 26.5 Å². The van der Waals surface area contributed by atoms with Gasteiger partial charge in [0, 0.05) is 36.3 Å². The minimum absolute atomic E-state index is 0.0785. The van der Waals surface area contributed by atoms with E-state index in [0.29, 0.717) is 59.0 Å². The molecule has 41 heavy (non-hydrogen) atoms. The number of nitrogen functional groups attached to an aromatic ring is 1. The zero-order chi connectivity index (χ0) is 29.5. The van der Waals surface area contributed by atoms with Gasteiger partial charge in [-0.3, -0.25) is 14.4 Å². The Kier molecular flexibility index (Phi) is 9.45. The van der Waals surface area contributed by atoms with Crippen LogP contribution in [0.3, 0.4) is 0 Å².